The van der Waals surface area contributed by atoms with E-state index in [9.17, 15) is 13.5 Å². The van der Waals surface area contributed by atoms with Crippen LogP contribution in [0.1, 0.15) is 5.56 Å². The molecule has 2 aromatic rings. The van der Waals surface area contributed by atoms with Crippen molar-refractivity contribution in [2.75, 3.05) is 12.8 Å². The maximum atomic E-state index is 12.1. The van der Waals surface area contributed by atoms with Crippen molar-refractivity contribution in [3.8, 4) is 11.6 Å². The molecule has 0 saturated carbocycles. The molecule has 8 heteroatoms. The van der Waals surface area contributed by atoms with E-state index in [0.29, 0.717) is 11.4 Å². The summed E-state index contributed by atoms with van der Waals surface area (Å²) in [4.78, 5) is 3.97. The summed E-state index contributed by atoms with van der Waals surface area (Å²) < 4.78 is 31.5. The van der Waals surface area contributed by atoms with Crippen LogP contribution in [0, 0.1) is 0 Å². The smallest absolute Gasteiger partial charge is 0.240 e. The molecule has 0 unspecified atom stereocenters. The number of sulfonamides is 1. The molecule has 1 aromatic heterocycles. The number of nitrogens with two attached hydrogens (primary N) is 1. The van der Waals surface area contributed by atoms with Crippen LogP contribution >= 0.6 is 0 Å². The summed E-state index contributed by atoms with van der Waals surface area (Å²) in [6, 6.07) is 7.06. The van der Waals surface area contributed by atoms with Crippen molar-refractivity contribution in [3.05, 3.63) is 42.1 Å². The van der Waals surface area contributed by atoms with Crippen LogP contribution in [0.3, 0.4) is 0 Å². The molecule has 0 aliphatic carbocycles. The van der Waals surface area contributed by atoms with Crippen LogP contribution < -0.4 is 15.2 Å². The first-order chi connectivity index (χ1) is 9.92. The highest BCUT2D eigenvalue weighted by molar-refractivity contribution is 7.89. The van der Waals surface area contributed by atoms with Crippen LogP contribution in [0.15, 0.2) is 41.4 Å². The third kappa shape index (κ3) is 3.61. The summed E-state index contributed by atoms with van der Waals surface area (Å²) >= 11 is 0. The molecule has 0 atom stereocenters. The van der Waals surface area contributed by atoms with Gasteiger partial charge in [-0.15, -0.1) is 0 Å². The summed E-state index contributed by atoms with van der Waals surface area (Å²) in [6.07, 6.45) is 1.52. The highest BCUT2D eigenvalue weighted by Crippen LogP contribution is 2.23. The standard InChI is InChI=1S/C13H15N3O4S/c1-20-13-5-2-9(7-15-13)8-16-21(18,19)10-3-4-12(17)11(14)6-10/h2-7,16-17H,8,14H2,1H3. The van der Waals surface area contributed by atoms with Gasteiger partial charge in [0.15, 0.2) is 0 Å². The zero-order valence-electron chi connectivity index (χ0n) is 11.3. The number of aromatic hydroxyl groups is 1. The molecule has 112 valence electrons. The molecule has 1 heterocycles. The Morgan fingerprint density at radius 1 is 1.33 bits per heavy atom. The number of phenols is 1. The first-order valence-corrected chi connectivity index (χ1v) is 7.48. The van der Waals surface area contributed by atoms with Crippen LogP contribution in [0.4, 0.5) is 5.69 Å². The van der Waals surface area contributed by atoms with E-state index in [4.69, 9.17) is 10.5 Å². The third-order valence-electron chi connectivity index (χ3n) is 2.78. The van der Waals surface area contributed by atoms with E-state index >= 15 is 0 Å². The molecule has 0 radical (unpaired) electrons. The molecule has 0 aliphatic heterocycles. The van der Waals surface area contributed by atoms with Gasteiger partial charge in [0.1, 0.15) is 5.75 Å². The van der Waals surface area contributed by atoms with Gasteiger partial charge >= 0.3 is 0 Å². The quantitative estimate of drug-likeness (QED) is 0.557. The minimum Gasteiger partial charge on any atom is -0.506 e. The molecule has 21 heavy (non-hydrogen) atoms. The molecule has 1 aromatic carbocycles. The predicted octanol–water partition coefficient (Wildman–Crippen LogP) is 0.857. The Morgan fingerprint density at radius 2 is 2.10 bits per heavy atom. The third-order valence-corrected chi connectivity index (χ3v) is 4.18. The Kier molecular flexibility index (Phi) is 4.29. The Hall–Kier alpha value is -2.32. The second-order valence-corrected chi connectivity index (χ2v) is 6.02. The molecular formula is C13H15N3O4S. The number of nitrogens with zero attached hydrogens (tertiary/aromatic N) is 1. The lowest BCUT2D eigenvalue weighted by Crippen LogP contribution is -2.23. The number of anilines is 1. The van der Waals surface area contributed by atoms with E-state index in [1.807, 2.05) is 0 Å². The monoisotopic (exact) mass is 309 g/mol. The van der Waals surface area contributed by atoms with E-state index in [-0.39, 0.29) is 22.9 Å². The van der Waals surface area contributed by atoms with Gasteiger partial charge in [-0.2, -0.15) is 0 Å². The molecule has 0 saturated heterocycles. The van der Waals surface area contributed by atoms with Crippen molar-refractivity contribution in [1.29, 1.82) is 0 Å². The average Bonchev–Trinajstić information content (AvgIpc) is 2.48. The molecule has 4 N–H and O–H groups in total. The summed E-state index contributed by atoms with van der Waals surface area (Å²) in [5.41, 5.74) is 6.18. The van der Waals surface area contributed by atoms with E-state index in [1.54, 1.807) is 12.1 Å². The SMILES string of the molecule is COc1ccc(CNS(=O)(=O)c2ccc(O)c(N)c2)cn1. The Morgan fingerprint density at radius 3 is 2.67 bits per heavy atom. The first kappa shape index (κ1) is 15.1. The molecule has 0 bridgehead atoms. The van der Waals surface area contributed by atoms with Gasteiger partial charge in [-0.3, -0.25) is 0 Å². The van der Waals surface area contributed by atoms with E-state index < -0.39 is 10.0 Å². The van der Waals surface area contributed by atoms with Crippen LogP contribution in [0.25, 0.3) is 0 Å². The van der Waals surface area contributed by atoms with Crippen molar-refractivity contribution in [2.24, 2.45) is 0 Å². The summed E-state index contributed by atoms with van der Waals surface area (Å²) in [5, 5.41) is 9.31. The van der Waals surface area contributed by atoms with Crippen molar-refractivity contribution >= 4 is 15.7 Å². The second-order valence-electron chi connectivity index (χ2n) is 4.25. The number of methoxy groups -OCH3 is 1. The number of benzene rings is 1. The van der Waals surface area contributed by atoms with Crippen LogP contribution in [0.5, 0.6) is 11.6 Å². The zero-order valence-corrected chi connectivity index (χ0v) is 12.1. The Labute approximate surface area is 122 Å². The topological polar surface area (TPSA) is 115 Å². The van der Waals surface area contributed by atoms with Gasteiger partial charge in [-0.25, -0.2) is 18.1 Å². The average molecular weight is 309 g/mol. The molecule has 0 spiro atoms. The van der Waals surface area contributed by atoms with Gasteiger partial charge in [0.2, 0.25) is 15.9 Å². The molecule has 0 fully saturated rings. The van der Waals surface area contributed by atoms with Crippen molar-refractivity contribution in [2.45, 2.75) is 11.4 Å². The number of rotatable bonds is 5. The van der Waals surface area contributed by atoms with E-state index in [1.165, 1.54) is 31.5 Å². The van der Waals surface area contributed by atoms with E-state index in [2.05, 4.69) is 9.71 Å². The highest BCUT2D eigenvalue weighted by Gasteiger charge is 2.15. The van der Waals surface area contributed by atoms with Crippen molar-refractivity contribution in [1.82, 2.24) is 9.71 Å². The normalized spacial score (nSPS) is 11.3. The number of hydrogen-bond acceptors (Lipinski definition) is 6. The summed E-state index contributed by atoms with van der Waals surface area (Å²) in [5.74, 6) is 0.293. The summed E-state index contributed by atoms with van der Waals surface area (Å²) in [6.45, 7) is 0.0834. The van der Waals surface area contributed by atoms with Gasteiger partial charge in [0.05, 0.1) is 17.7 Å². The number of pyridine rings is 1. The molecular weight excluding hydrogens is 294 g/mol. The first-order valence-electron chi connectivity index (χ1n) is 5.99. The van der Waals surface area contributed by atoms with Gasteiger partial charge in [-0.1, -0.05) is 6.07 Å². The number of phenolic OH excluding ortho intramolecular Hbond substituents is 1. The number of nitrogen functional groups attached to an aromatic ring is 1. The van der Waals surface area contributed by atoms with Gasteiger partial charge < -0.3 is 15.6 Å². The lowest BCUT2D eigenvalue weighted by Gasteiger charge is -2.08. The highest BCUT2D eigenvalue weighted by atomic mass is 32.2. The number of nitrogens with one attached hydrogen (secondary N) is 1. The van der Waals surface area contributed by atoms with Crippen LogP contribution in [0.2, 0.25) is 0 Å². The lowest BCUT2D eigenvalue weighted by molar-refractivity contribution is 0.397. The van der Waals surface area contributed by atoms with E-state index in [0.717, 1.165) is 0 Å². The maximum Gasteiger partial charge on any atom is 0.240 e. The second kappa shape index (κ2) is 5.98. The van der Waals surface area contributed by atoms with Crippen LogP contribution in [-0.4, -0.2) is 25.6 Å². The maximum absolute atomic E-state index is 12.1. The Bertz CT molecular complexity index is 730. The fourth-order valence-corrected chi connectivity index (χ4v) is 2.65. The summed E-state index contributed by atoms with van der Waals surface area (Å²) in [7, 11) is -2.21. The zero-order chi connectivity index (χ0) is 15.5. The minimum atomic E-state index is -3.71. The fourth-order valence-electron chi connectivity index (χ4n) is 1.60. The molecule has 0 amide bonds. The van der Waals surface area contributed by atoms with Gasteiger partial charge in [-0.05, 0) is 23.8 Å². The number of aromatic nitrogens is 1. The van der Waals surface area contributed by atoms with Crippen molar-refractivity contribution in [3.63, 3.8) is 0 Å². The van der Waals surface area contributed by atoms with Crippen LogP contribution in [-0.2, 0) is 16.6 Å². The number of ether oxygens (including phenoxy) is 1. The largest absolute Gasteiger partial charge is 0.506 e. The fraction of sp³-hybridized carbons (Fsp3) is 0.154. The van der Waals surface area contributed by atoms with Gasteiger partial charge in [0.25, 0.3) is 0 Å². The minimum absolute atomic E-state index is 0.00369. The van der Waals surface area contributed by atoms with Gasteiger partial charge in [0, 0.05) is 18.8 Å². The Balaban J connectivity index is 2.11. The molecule has 7 nitrogen and oxygen atoms in total. The molecule has 0 aliphatic rings. The number of hydrogen-bond donors (Lipinski definition) is 3. The molecule has 2 rings (SSSR count). The lowest BCUT2D eigenvalue weighted by atomic mass is 10.3. The van der Waals surface area contributed by atoms with Crippen molar-refractivity contribution < 1.29 is 18.3 Å². The predicted molar refractivity (Wildman–Crippen MR) is 77.3 cm³/mol.